The van der Waals surface area contributed by atoms with Gasteiger partial charge in [0.25, 0.3) is 0 Å². The van der Waals surface area contributed by atoms with Gasteiger partial charge in [-0.2, -0.15) is 0 Å². The summed E-state index contributed by atoms with van der Waals surface area (Å²) in [5, 5.41) is 8.12. The molecule has 0 spiro atoms. The van der Waals surface area contributed by atoms with Crippen LogP contribution in [0.2, 0.25) is 0 Å². The average Bonchev–Trinajstić information content (AvgIpc) is 3.64. The molecule has 0 saturated carbocycles. The number of benzene rings is 8. The Morgan fingerprint density at radius 1 is 0.537 bits per heavy atom. The second kappa shape index (κ2) is 14.4. The summed E-state index contributed by atoms with van der Waals surface area (Å²) in [6.45, 7) is 6.68. The highest BCUT2D eigenvalue weighted by Crippen LogP contribution is 2.48. The summed E-state index contributed by atoms with van der Waals surface area (Å²) in [4.78, 5) is 5.44. The van der Waals surface area contributed by atoms with Gasteiger partial charge in [0.1, 0.15) is 0 Å². The Balaban J connectivity index is 1.15. The van der Waals surface area contributed by atoms with E-state index in [4.69, 9.17) is 4.99 Å². The van der Waals surface area contributed by atoms with Crippen molar-refractivity contribution in [3.05, 3.63) is 192 Å². The predicted molar refractivity (Wildman–Crippen MR) is 237 cm³/mol. The molecule has 54 heavy (non-hydrogen) atoms. The molecule has 9 aromatic rings. The number of rotatable bonds is 9. The van der Waals surface area contributed by atoms with Crippen LogP contribution in [0.4, 0.5) is 0 Å². The molecule has 1 nitrogen and oxygen atoms in total. The molecule has 1 heterocycles. The zero-order valence-electron chi connectivity index (χ0n) is 30.9. The number of fused-ring (bicyclic) bond motifs is 3. The van der Waals surface area contributed by atoms with E-state index in [2.05, 4.69) is 191 Å². The molecule has 1 aromatic heterocycles. The third-order valence-corrected chi connectivity index (χ3v) is 12.0. The monoisotopic (exact) mass is 711 g/mol. The van der Waals surface area contributed by atoms with Crippen LogP contribution in [0.15, 0.2) is 180 Å². The molecule has 9 rings (SSSR count). The molecule has 0 atom stereocenters. The van der Waals surface area contributed by atoms with E-state index < -0.39 is 0 Å². The maximum absolute atomic E-state index is 5.44. The number of thiophene rings is 1. The first-order valence-corrected chi connectivity index (χ1v) is 19.8. The quantitative estimate of drug-likeness (QED) is 0.104. The number of hydrogen-bond donors (Lipinski definition) is 0. The van der Waals surface area contributed by atoms with Crippen LogP contribution in [0.25, 0.3) is 75.2 Å². The van der Waals surface area contributed by atoms with Crippen LogP contribution < -0.4 is 0 Å². The molecule has 0 aliphatic heterocycles. The van der Waals surface area contributed by atoms with E-state index in [0.29, 0.717) is 0 Å². The summed E-state index contributed by atoms with van der Waals surface area (Å²) in [6.07, 6.45) is 4.01. The maximum atomic E-state index is 5.44. The summed E-state index contributed by atoms with van der Waals surface area (Å²) in [7, 11) is 0. The molecule has 0 bridgehead atoms. The fraction of sp³-hybridized carbons (Fsp3) is 0.0962. The van der Waals surface area contributed by atoms with Gasteiger partial charge in [0.05, 0.1) is 11.4 Å². The van der Waals surface area contributed by atoms with E-state index in [1.807, 2.05) is 11.3 Å². The third-order valence-electron chi connectivity index (χ3n) is 10.8. The molecule has 0 aliphatic rings. The minimum absolute atomic E-state index is 0.862. The first-order chi connectivity index (χ1) is 26.6. The Morgan fingerprint density at radius 3 is 1.85 bits per heavy atom. The highest BCUT2D eigenvalue weighted by molar-refractivity contribution is 7.26. The van der Waals surface area contributed by atoms with Crippen molar-refractivity contribution in [1.82, 2.24) is 0 Å². The van der Waals surface area contributed by atoms with E-state index in [9.17, 15) is 0 Å². The highest BCUT2D eigenvalue weighted by atomic mass is 32.1. The molecular formula is C52H41NS. The van der Waals surface area contributed by atoms with E-state index in [1.54, 1.807) is 0 Å². The van der Waals surface area contributed by atoms with Crippen LogP contribution in [0, 0.1) is 0 Å². The minimum Gasteiger partial charge on any atom is -0.248 e. The molecule has 0 aliphatic carbocycles. The maximum Gasteiger partial charge on any atom is 0.0744 e. The van der Waals surface area contributed by atoms with Gasteiger partial charge in [0, 0.05) is 25.7 Å². The van der Waals surface area contributed by atoms with E-state index in [-0.39, 0.29) is 0 Å². The van der Waals surface area contributed by atoms with Gasteiger partial charge in [-0.15, -0.1) is 11.3 Å². The molecular weight excluding hydrogens is 671 g/mol. The average molecular weight is 712 g/mol. The first-order valence-electron chi connectivity index (χ1n) is 19.0. The lowest BCUT2D eigenvalue weighted by atomic mass is 9.90. The molecule has 0 N–H and O–H groups in total. The van der Waals surface area contributed by atoms with Gasteiger partial charge >= 0.3 is 0 Å². The fourth-order valence-corrected chi connectivity index (χ4v) is 9.48. The Labute approximate surface area is 321 Å². The molecule has 0 saturated heterocycles. The van der Waals surface area contributed by atoms with Crippen molar-refractivity contribution >= 4 is 70.0 Å². The second-order valence-corrected chi connectivity index (χ2v) is 15.1. The zero-order valence-corrected chi connectivity index (χ0v) is 31.8. The lowest BCUT2D eigenvalue weighted by Crippen LogP contribution is -2.08. The summed E-state index contributed by atoms with van der Waals surface area (Å²) >= 11 is 1.92. The summed E-state index contributed by atoms with van der Waals surface area (Å²) in [6, 6.07) is 59.7. The molecule has 2 heteroatoms. The zero-order chi connectivity index (χ0) is 36.6. The van der Waals surface area contributed by atoms with Crippen molar-refractivity contribution < 1.29 is 0 Å². The van der Waals surface area contributed by atoms with Gasteiger partial charge in [-0.3, -0.25) is 0 Å². The first kappa shape index (κ1) is 33.7. The third kappa shape index (κ3) is 5.93. The van der Waals surface area contributed by atoms with Crippen LogP contribution in [0.5, 0.6) is 0 Å². The van der Waals surface area contributed by atoms with Gasteiger partial charge < -0.3 is 0 Å². The Hall–Kier alpha value is -6.09. The summed E-state index contributed by atoms with van der Waals surface area (Å²) in [5.41, 5.74) is 13.0. The van der Waals surface area contributed by atoms with Gasteiger partial charge in [0.2, 0.25) is 0 Å². The lowest BCUT2D eigenvalue weighted by molar-refractivity contribution is 1.16. The van der Waals surface area contributed by atoms with Gasteiger partial charge in [0.15, 0.2) is 0 Å². The standard InChI is InChI=1S/C52H41NS/c1-4-17-47(35-18-8-6-9-19-35)53-51(36-20-10-7-11-21-36)41(5-2)34(3)37-22-14-23-38(32-37)39-24-15-25-40(33-39)42-30-31-46-44-27-13-12-26-43(44)45-28-16-29-48-49(45)50(46)52(42)54-48/h6-33H,4-5H2,1-3H3/b41-34?,47-17-,53-51?. The molecule has 260 valence electrons. The van der Waals surface area contributed by atoms with Crippen LogP contribution in [0.3, 0.4) is 0 Å². The SMILES string of the molecule is CC/C=C(\N=C(C(CC)=C(C)c1cccc(-c2cccc(-c3ccc4c5ccccc5c5cccc6sc3c4c65)c2)c1)c1ccccc1)c1ccccc1. The largest absolute Gasteiger partial charge is 0.248 e. The van der Waals surface area contributed by atoms with Crippen molar-refractivity contribution in [3.8, 4) is 22.3 Å². The van der Waals surface area contributed by atoms with Crippen molar-refractivity contribution in [1.29, 1.82) is 0 Å². The minimum atomic E-state index is 0.862. The Bertz CT molecular complexity index is 2890. The molecule has 0 fully saturated rings. The molecule has 0 amide bonds. The predicted octanol–water partition coefficient (Wildman–Crippen LogP) is 15.3. The summed E-state index contributed by atoms with van der Waals surface area (Å²) in [5.74, 6) is 0. The highest BCUT2D eigenvalue weighted by Gasteiger charge is 2.19. The van der Waals surface area contributed by atoms with Crippen molar-refractivity contribution in [2.45, 2.75) is 33.6 Å². The molecule has 0 unspecified atom stereocenters. The number of allylic oxidation sites excluding steroid dienone is 3. The van der Waals surface area contributed by atoms with Crippen LogP contribution in [0.1, 0.15) is 50.3 Å². The smallest absolute Gasteiger partial charge is 0.0744 e. The number of hydrogen-bond acceptors (Lipinski definition) is 2. The van der Waals surface area contributed by atoms with Crippen molar-refractivity contribution in [3.63, 3.8) is 0 Å². The lowest BCUT2D eigenvalue weighted by Gasteiger charge is -2.17. The van der Waals surface area contributed by atoms with Gasteiger partial charge in [-0.1, -0.05) is 166 Å². The fourth-order valence-electron chi connectivity index (χ4n) is 8.19. The number of aliphatic imine (C=N–C) groups is 1. The van der Waals surface area contributed by atoms with E-state index in [1.165, 1.54) is 80.7 Å². The summed E-state index contributed by atoms with van der Waals surface area (Å²) < 4.78 is 2.71. The Morgan fingerprint density at radius 2 is 1.13 bits per heavy atom. The van der Waals surface area contributed by atoms with E-state index in [0.717, 1.165) is 35.4 Å². The van der Waals surface area contributed by atoms with Gasteiger partial charge in [-0.25, -0.2) is 4.99 Å². The molecule has 8 aromatic carbocycles. The van der Waals surface area contributed by atoms with Crippen LogP contribution >= 0.6 is 11.3 Å². The number of nitrogens with zero attached hydrogens (tertiary/aromatic N) is 1. The topological polar surface area (TPSA) is 12.4 Å². The van der Waals surface area contributed by atoms with Crippen molar-refractivity contribution in [2.24, 2.45) is 4.99 Å². The molecule has 0 radical (unpaired) electrons. The second-order valence-electron chi connectivity index (χ2n) is 14.0. The van der Waals surface area contributed by atoms with Crippen LogP contribution in [-0.2, 0) is 0 Å². The van der Waals surface area contributed by atoms with E-state index >= 15 is 0 Å². The Kier molecular flexibility index (Phi) is 8.98. The van der Waals surface area contributed by atoms with Crippen molar-refractivity contribution in [2.75, 3.05) is 0 Å². The van der Waals surface area contributed by atoms with Crippen LogP contribution in [-0.4, -0.2) is 5.71 Å². The normalized spacial score (nSPS) is 13.0. The van der Waals surface area contributed by atoms with Gasteiger partial charge in [-0.05, 0) is 104 Å².